The molecule has 0 saturated carbocycles. The Morgan fingerprint density at radius 2 is 1.57 bits per heavy atom. The van der Waals surface area contributed by atoms with Crippen molar-refractivity contribution in [3.05, 3.63) is 0 Å². The van der Waals surface area contributed by atoms with E-state index in [0.29, 0.717) is 13.1 Å². The Bertz CT molecular complexity index is 474. The van der Waals surface area contributed by atoms with Gasteiger partial charge in [-0.2, -0.15) is 0 Å². The summed E-state index contributed by atoms with van der Waals surface area (Å²) >= 11 is 0. The largest absolute Gasteiger partial charge is 0.747 e. The van der Waals surface area contributed by atoms with E-state index in [-0.39, 0.29) is 11.4 Å². The zero-order valence-electron chi connectivity index (χ0n) is 13.5. The van der Waals surface area contributed by atoms with E-state index in [0.717, 1.165) is 13.1 Å². The lowest BCUT2D eigenvalue weighted by molar-refractivity contribution is -0.139. The average Bonchev–Trinajstić information content (AvgIpc) is 2.34. The summed E-state index contributed by atoms with van der Waals surface area (Å²) < 4.78 is 32.0. The van der Waals surface area contributed by atoms with Crippen molar-refractivity contribution < 1.29 is 17.8 Å². The monoisotopic (exact) mass is 320 g/mol. The van der Waals surface area contributed by atoms with Crippen LogP contribution in [-0.4, -0.2) is 71.8 Å². The molecule has 1 aliphatic rings. The Balaban J connectivity index is 2.60. The molecule has 7 nitrogen and oxygen atoms in total. The van der Waals surface area contributed by atoms with Gasteiger partial charge < -0.3 is 9.45 Å². The standard InChI is InChI=1S/C13H27N3O4S/c1-12(2,3)16-8-6-15(7-9-16)11(17)13(4,5)14-10-21(18,19)20/h14H,6-10H2,1-5H3,(H,18,19,20)/p-1. The first kappa shape index (κ1) is 18.3. The highest BCUT2D eigenvalue weighted by Gasteiger charge is 2.35. The minimum Gasteiger partial charge on any atom is -0.747 e. The van der Waals surface area contributed by atoms with E-state index in [1.807, 2.05) is 0 Å². The van der Waals surface area contributed by atoms with Gasteiger partial charge in [-0.1, -0.05) is 0 Å². The molecule has 1 aliphatic heterocycles. The van der Waals surface area contributed by atoms with Gasteiger partial charge in [-0.3, -0.25) is 15.0 Å². The smallest absolute Gasteiger partial charge is 0.242 e. The third-order valence-corrected chi connectivity index (χ3v) is 4.24. The number of carbonyl (C=O) groups is 1. The summed E-state index contributed by atoms with van der Waals surface area (Å²) in [5, 5.41) is 2.53. The van der Waals surface area contributed by atoms with E-state index in [4.69, 9.17) is 0 Å². The number of rotatable bonds is 4. The predicted molar refractivity (Wildman–Crippen MR) is 79.7 cm³/mol. The molecule has 0 aromatic heterocycles. The maximum absolute atomic E-state index is 12.4. The minimum atomic E-state index is -4.39. The van der Waals surface area contributed by atoms with Gasteiger partial charge in [0.2, 0.25) is 5.91 Å². The molecule has 124 valence electrons. The fraction of sp³-hybridized carbons (Fsp3) is 0.923. The van der Waals surface area contributed by atoms with Gasteiger partial charge in [0.05, 0.1) is 11.4 Å². The van der Waals surface area contributed by atoms with Crippen molar-refractivity contribution in [1.82, 2.24) is 15.1 Å². The maximum Gasteiger partial charge on any atom is 0.242 e. The van der Waals surface area contributed by atoms with E-state index in [9.17, 15) is 17.8 Å². The first-order chi connectivity index (χ1) is 9.33. The second-order valence-corrected chi connectivity index (χ2v) is 8.36. The van der Waals surface area contributed by atoms with Crippen LogP contribution in [-0.2, 0) is 14.9 Å². The predicted octanol–water partition coefficient (Wildman–Crippen LogP) is -0.200. The van der Waals surface area contributed by atoms with Gasteiger partial charge in [0, 0.05) is 31.7 Å². The van der Waals surface area contributed by atoms with Crippen molar-refractivity contribution in [2.24, 2.45) is 0 Å². The highest BCUT2D eigenvalue weighted by molar-refractivity contribution is 7.85. The van der Waals surface area contributed by atoms with Crippen LogP contribution in [0, 0.1) is 0 Å². The molecule has 0 atom stereocenters. The second kappa shape index (κ2) is 6.20. The van der Waals surface area contributed by atoms with Crippen molar-refractivity contribution in [3.63, 3.8) is 0 Å². The Morgan fingerprint density at radius 3 is 1.95 bits per heavy atom. The molecular weight excluding hydrogens is 294 g/mol. The Hall–Kier alpha value is -0.700. The second-order valence-electron chi connectivity index (χ2n) is 6.95. The summed E-state index contributed by atoms with van der Waals surface area (Å²) in [4.78, 5) is 16.5. The number of piperazine rings is 1. The van der Waals surface area contributed by atoms with E-state index < -0.39 is 21.5 Å². The molecule has 0 spiro atoms. The molecule has 8 heteroatoms. The summed E-state index contributed by atoms with van der Waals surface area (Å²) in [5.74, 6) is -0.923. The van der Waals surface area contributed by atoms with Gasteiger partial charge >= 0.3 is 0 Å². The van der Waals surface area contributed by atoms with Gasteiger partial charge in [0.1, 0.15) is 10.1 Å². The third-order valence-electron chi connectivity index (χ3n) is 3.74. The van der Waals surface area contributed by atoms with Crippen LogP contribution >= 0.6 is 0 Å². The Kier molecular flexibility index (Phi) is 5.41. The first-order valence-electron chi connectivity index (χ1n) is 7.06. The van der Waals surface area contributed by atoms with Gasteiger partial charge in [-0.15, -0.1) is 0 Å². The maximum atomic E-state index is 12.4. The summed E-state index contributed by atoms with van der Waals surface area (Å²) in [6.45, 7) is 12.4. The van der Waals surface area contributed by atoms with Crippen molar-refractivity contribution >= 4 is 16.0 Å². The summed E-state index contributed by atoms with van der Waals surface area (Å²) in [5.41, 5.74) is -0.999. The van der Waals surface area contributed by atoms with Crippen molar-refractivity contribution in [3.8, 4) is 0 Å². The molecule has 1 fully saturated rings. The lowest BCUT2D eigenvalue weighted by Crippen LogP contribution is -2.61. The lowest BCUT2D eigenvalue weighted by atomic mass is 10.0. The normalized spacial score (nSPS) is 18.9. The van der Waals surface area contributed by atoms with E-state index in [1.165, 1.54) is 0 Å². The van der Waals surface area contributed by atoms with Gasteiger partial charge in [0.15, 0.2) is 0 Å². The molecular formula is C13H26N3O4S-. The molecule has 1 N–H and O–H groups in total. The van der Waals surface area contributed by atoms with Crippen LogP contribution in [0.25, 0.3) is 0 Å². The third kappa shape index (κ3) is 5.54. The first-order valence-corrected chi connectivity index (χ1v) is 8.64. The number of nitrogens with zero attached hydrogens (tertiary/aromatic N) is 2. The SMILES string of the molecule is CC(C)(NCS(=O)(=O)[O-])C(=O)N1CCN(C(C)(C)C)CC1. The lowest BCUT2D eigenvalue weighted by Gasteiger charge is -2.44. The summed E-state index contributed by atoms with van der Waals surface area (Å²) in [6, 6.07) is 0. The zero-order valence-corrected chi connectivity index (χ0v) is 14.3. The van der Waals surface area contributed by atoms with Gasteiger partial charge in [-0.05, 0) is 34.6 Å². The molecule has 0 radical (unpaired) electrons. The van der Waals surface area contributed by atoms with Crippen molar-refractivity contribution in [2.45, 2.75) is 45.7 Å². The molecule has 0 unspecified atom stereocenters. The summed E-state index contributed by atoms with van der Waals surface area (Å²) in [6.07, 6.45) is 0. The average molecular weight is 320 g/mol. The molecule has 0 aromatic rings. The van der Waals surface area contributed by atoms with Crippen LogP contribution in [0.2, 0.25) is 0 Å². The quantitative estimate of drug-likeness (QED) is 0.721. The number of hydrogen-bond acceptors (Lipinski definition) is 6. The summed E-state index contributed by atoms with van der Waals surface area (Å²) in [7, 11) is -4.39. The molecule has 21 heavy (non-hydrogen) atoms. The Morgan fingerprint density at radius 1 is 1.10 bits per heavy atom. The van der Waals surface area contributed by atoms with Crippen LogP contribution < -0.4 is 5.32 Å². The van der Waals surface area contributed by atoms with Gasteiger partial charge in [0.25, 0.3) is 0 Å². The molecule has 0 bridgehead atoms. The van der Waals surface area contributed by atoms with Crippen LogP contribution in [0.1, 0.15) is 34.6 Å². The fourth-order valence-corrected chi connectivity index (χ4v) is 2.86. The molecule has 0 aliphatic carbocycles. The molecule has 0 aromatic carbocycles. The molecule has 1 heterocycles. The van der Waals surface area contributed by atoms with E-state index >= 15 is 0 Å². The number of amides is 1. The Labute approximate surface area is 127 Å². The van der Waals surface area contributed by atoms with Crippen molar-refractivity contribution in [1.29, 1.82) is 0 Å². The van der Waals surface area contributed by atoms with E-state index in [1.54, 1.807) is 18.7 Å². The van der Waals surface area contributed by atoms with Crippen LogP contribution in [0.4, 0.5) is 0 Å². The fourth-order valence-electron chi connectivity index (χ4n) is 2.32. The van der Waals surface area contributed by atoms with Gasteiger partial charge in [-0.25, -0.2) is 8.42 Å². The minimum absolute atomic E-state index is 0.0690. The molecule has 1 saturated heterocycles. The topological polar surface area (TPSA) is 92.8 Å². The molecule has 1 amide bonds. The zero-order chi connectivity index (χ0) is 16.5. The highest BCUT2D eigenvalue weighted by Crippen LogP contribution is 2.18. The van der Waals surface area contributed by atoms with Crippen LogP contribution in [0.3, 0.4) is 0 Å². The number of carbonyl (C=O) groups excluding carboxylic acids is 1. The van der Waals surface area contributed by atoms with Crippen molar-refractivity contribution in [2.75, 3.05) is 32.1 Å². The molecule has 1 rings (SSSR count). The van der Waals surface area contributed by atoms with Crippen LogP contribution in [0.5, 0.6) is 0 Å². The number of hydrogen-bond donors (Lipinski definition) is 1. The highest BCUT2D eigenvalue weighted by atomic mass is 32.2. The van der Waals surface area contributed by atoms with Crippen LogP contribution in [0.15, 0.2) is 0 Å². The number of nitrogens with one attached hydrogen (secondary N) is 1. The van der Waals surface area contributed by atoms with E-state index in [2.05, 4.69) is 31.0 Å².